The van der Waals surface area contributed by atoms with E-state index in [9.17, 15) is 4.79 Å². The molecule has 1 aromatic rings. The zero-order valence-corrected chi connectivity index (χ0v) is 12.1. The number of carbonyl (C=O) groups is 1. The van der Waals surface area contributed by atoms with E-state index in [1.807, 2.05) is 24.3 Å². The number of nitrogens with one attached hydrogen (secondary N) is 1. The molecule has 0 radical (unpaired) electrons. The van der Waals surface area contributed by atoms with Crippen molar-refractivity contribution >= 4 is 5.97 Å². The Morgan fingerprint density at radius 2 is 2.15 bits per heavy atom. The zero-order chi connectivity index (χ0) is 14.4. The first-order valence-corrected chi connectivity index (χ1v) is 7.44. The van der Waals surface area contributed by atoms with Crippen molar-refractivity contribution in [2.45, 2.75) is 38.8 Å². The Hall–Kier alpha value is -1.39. The van der Waals surface area contributed by atoms with Gasteiger partial charge in [-0.2, -0.15) is 0 Å². The van der Waals surface area contributed by atoms with Crippen LogP contribution >= 0.6 is 0 Å². The first kappa shape index (κ1) is 15.0. The molecule has 1 aliphatic rings. The van der Waals surface area contributed by atoms with E-state index in [1.54, 1.807) is 0 Å². The van der Waals surface area contributed by atoms with Crippen LogP contribution in [0.5, 0.6) is 0 Å². The molecular weight excluding hydrogens is 252 g/mol. The average Bonchev–Trinajstić information content (AvgIpc) is 2.87. The van der Waals surface area contributed by atoms with Gasteiger partial charge in [0, 0.05) is 19.1 Å². The highest BCUT2D eigenvalue weighted by molar-refractivity contribution is 5.70. The van der Waals surface area contributed by atoms with Crippen LogP contribution in [0, 0.1) is 0 Å². The second-order valence-electron chi connectivity index (χ2n) is 5.39. The van der Waals surface area contributed by atoms with Crippen LogP contribution in [-0.2, 0) is 17.8 Å². The average molecular weight is 276 g/mol. The van der Waals surface area contributed by atoms with Crippen LogP contribution in [0.3, 0.4) is 0 Å². The Morgan fingerprint density at radius 3 is 2.85 bits per heavy atom. The van der Waals surface area contributed by atoms with Crippen molar-refractivity contribution in [1.29, 1.82) is 0 Å². The summed E-state index contributed by atoms with van der Waals surface area (Å²) in [6, 6.07) is 8.41. The first-order chi connectivity index (χ1) is 9.70. The Balaban J connectivity index is 1.86. The fourth-order valence-corrected chi connectivity index (χ4v) is 2.98. The van der Waals surface area contributed by atoms with Crippen LogP contribution in [0.15, 0.2) is 24.3 Å². The lowest BCUT2D eigenvalue weighted by Crippen LogP contribution is -2.37. The maximum Gasteiger partial charge on any atom is 0.307 e. The van der Waals surface area contributed by atoms with Gasteiger partial charge in [-0.05, 0) is 37.1 Å². The number of nitrogens with zero attached hydrogens (tertiary/aromatic N) is 1. The number of carboxylic acids is 1. The third-order valence-electron chi connectivity index (χ3n) is 4.06. The van der Waals surface area contributed by atoms with E-state index in [-0.39, 0.29) is 6.42 Å². The fraction of sp³-hybridized carbons (Fsp3) is 0.562. The van der Waals surface area contributed by atoms with Crippen molar-refractivity contribution in [2.24, 2.45) is 0 Å². The highest BCUT2D eigenvalue weighted by atomic mass is 16.4. The summed E-state index contributed by atoms with van der Waals surface area (Å²) in [4.78, 5) is 13.4. The lowest BCUT2D eigenvalue weighted by atomic mass is 10.0. The normalized spacial score (nSPS) is 19.4. The zero-order valence-electron chi connectivity index (χ0n) is 12.1. The molecule has 1 saturated heterocycles. The highest BCUT2D eigenvalue weighted by Gasteiger charge is 2.22. The number of aliphatic carboxylic acids is 1. The SMILES string of the molecule is CCN1CCCC1CNCc1ccccc1CC(=O)O. The summed E-state index contributed by atoms with van der Waals surface area (Å²) in [5, 5.41) is 12.4. The monoisotopic (exact) mass is 276 g/mol. The number of hydrogen-bond donors (Lipinski definition) is 2. The predicted molar refractivity (Wildman–Crippen MR) is 79.8 cm³/mol. The topological polar surface area (TPSA) is 52.6 Å². The van der Waals surface area contributed by atoms with E-state index in [4.69, 9.17) is 5.11 Å². The summed E-state index contributed by atoms with van der Waals surface area (Å²) < 4.78 is 0. The van der Waals surface area contributed by atoms with Gasteiger partial charge in [0.25, 0.3) is 0 Å². The molecular formula is C16H24N2O2. The molecule has 1 aliphatic heterocycles. The summed E-state index contributed by atoms with van der Waals surface area (Å²) in [5.74, 6) is -0.773. The van der Waals surface area contributed by atoms with Gasteiger partial charge in [0.2, 0.25) is 0 Å². The van der Waals surface area contributed by atoms with Gasteiger partial charge < -0.3 is 10.4 Å². The molecule has 2 rings (SSSR count). The summed E-state index contributed by atoms with van der Waals surface area (Å²) in [6.45, 7) is 6.26. The van der Waals surface area contributed by atoms with Gasteiger partial charge in [-0.3, -0.25) is 9.69 Å². The Labute approximate surface area is 120 Å². The number of benzene rings is 1. The molecule has 1 atom stereocenters. The van der Waals surface area contributed by atoms with E-state index in [2.05, 4.69) is 17.1 Å². The predicted octanol–water partition coefficient (Wildman–Crippen LogP) is 1.89. The minimum Gasteiger partial charge on any atom is -0.481 e. The molecule has 0 bridgehead atoms. The molecule has 20 heavy (non-hydrogen) atoms. The molecule has 1 unspecified atom stereocenters. The smallest absolute Gasteiger partial charge is 0.307 e. The van der Waals surface area contributed by atoms with E-state index >= 15 is 0 Å². The molecule has 4 heteroatoms. The van der Waals surface area contributed by atoms with Gasteiger partial charge in [0.15, 0.2) is 0 Å². The lowest BCUT2D eigenvalue weighted by Gasteiger charge is -2.23. The van der Waals surface area contributed by atoms with Crippen molar-refractivity contribution in [3.8, 4) is 0 Å². The second kappa shape index (κ2) is 7.41. The Bertz CT molecular complexity index is 448. The summed E-state index contributed by atoms with van der Waals surface area (Å²) in [5.41, 5.74) is 2.00. The molecule has 1 fully saturated rings. The van der Waals surface area contributed by atoms with Gasteiger partial charge in [0.1, 0.15) is 0 Å². The highest BCUT2D eigenvalue weighted by Crippen LogP contribution is 2.16. The van der Waals surface area contributed by atoms with Crippen molar-refractivity contribution < 1.29 is 9.90 Å². The first-order valence-electron chi connectivity index (χ1n) is 7.44. The summed E-state index contributed by atoms with van der Waals surface area (Å²) in [6.07, 6.45) is 2.65. The van der Waals surface area contributed by atoms with Crippen LogP contribution in [0.25, 0.3) is 0 Å². The number of likely N-dealkylation sites (tertiary alicyclic amines) is 1. The van der Waals surface area contributed by atoms with Crippen LogP contribution in [0.4, 0.5) is 0 Å². The third-order valence-corrected chi connectivity index (χ3v) is 4.06. The van der Waals surface area contributed by atoms with Gasteiger partial charge in [-0.25, -0.2) is 0 Å². The molecule has 0 aliphatic carbocycles. The number of rotatable bonds is 7. The van der Waals surface area contributed by atoms with E-state index in [0.717, 1.165) is 30.8 Å². The van der Waals surface area contributed by atoms with Gasteiger partial charge >= 0.3 is 5.97 Å². The van der Waals surface area contributed by atoms with Crippen LogP contribution in [-0.4, -0.2) is 41.7 Å². The standard InChI is InChI=1S/C16H24N2O2/c1-2-18-9-5-8-15(18)12-17-11-14-7-4-3-6-13(14)10-16(19)20/h3-4,6-7,15,17H,2,5,8-12H2,1H3,(H,19,20). The molecule has 0 amide bonds. The molecule has 0 spiro atoms. The molecule has 4 nitrogen and oxygen atoms in total. The second-order valence-corrected chi connectivity index (χ2v) is 5.39. The largest absolute Gasteiger partial charge is 0.481 e. The van der Waals surface area contributed by atoms with Crippen LogP contribution < -0.4 is 5.32 Å². The number of carboxylic acid groups (broad SMARTS) is 1. The quantitative estimate of drug-likeness (QED) is 0.798. The van der Waals surface area contributed by atoms with E-state index < -0.39 is 5.97 Å². The van der Waals surface area contributed by atoms with Crippen LogP contribution in [0.1, 0.15) is 30.9 Å². The summed E-state index contributed by atoms with van der Waals surface area (Å²) in [7, 11) is 0. The Morgan fingerprint density at radius 1 is 1.40 bits per heavy atom. The molecule has 0 aromatic heterocycles. The minimum absolute atomic E-state index is 0.0996. The number of likely N-dealkylation sites (N-methyl/N-ethyl adjacent to an activating group) is 1. The van der Waals surface area contributed by atoms with Crippen molar-refractivity contribution in [2.75, 3.05) is 19.6 Å². The maximum atomic E-state index is 10.9. The van der Waals surface area contributed by atoms with Crippen molar-refractivity contribution in [1.82, 2.24) is 10.2 Å². The van der Waals surface area contributed by atoms with Gasteiger partial charge in [-0.1, -0.05) is 31.2 Å². The molecule has 1 aromatic carbocycles. The summed E-state index contributed by atoms with van der Waals surface area (Å²) >= 11 is 0. The van der Waals surface area contributed by atoms with Crippen molar-refractivity contribution in [3.05, 3.63) is 35.4 Å². The van der Waals surface area contributed by atoms with Crippen molar-refractivity contribution in [3.63, 3.8) is 0 Å². The van der Waals surface area contributed by atoms with E-state index in [1.165, 1.54) is 19.4 Å². The Kier molecular flexibility index (Phi) is 5.56. The van der Waals surface area contributed by atoms with Gasteiger partial charge in [0.05, 0.1) is 6.42 Å². The third kappa shape index (κ3) is 4.05. The molecule has 110 valence electrons. The fourth-order valence-electron chi connectivity index (χ4n) is 2.98. The maximum absolute atomic E-state index is 10.9. The van der Waals surface area contributed by atoms with Crippen LogP contribution in [0.2, 0.25) is 0 Å². The lowest BCUT2D eigenvalue weighted by molar-refractivity contribution is -0.136. The van der Waals surface area contributed by atoms with E-state index in [0.29, 0.717) is 6.04 Å². The minimum atomic E-state index is -0.773. The molecule has 1 heterocycles. The molecule has 2 N–H and O–H groups in total. The van der Waals surface area contributed by atoms with Gasteiger partial charge in [-0.15, -0.1) is 0 Å². The molecule has 0 saturated carbocycles. The number of hydrogen-bond acceptors (Lipinski definition) is 3.